The summed E-state index contributed by atoms with van der Waals surface area (Å²) in [5, 5.41) is 4.11. The van der Waals surface area contributed by atoms with Crippen molar-refractivity contribution in [2.75, 3.05) is 0 Å². The molecule has 0 unspecified atom stereocenters. The smallest absolute Gasteiger partial charge is 0.339 e. The first kappa shape index (κ1) is 15.2. The number of esters is 1. The van der Waals surface area contributed by atoms with Gasteiger partial charge in [0.25, 0.3) is 0 Å². The van der Waals surface area contributed by atoms with E-state index in [9.17, 15) is 4.79 Å². The molecule has 1 saturated carbocycles. The standard InChI is InChI=1S/C22H22O2/c1-22(13-7-2-8-14-22)24-21(23)20-18-11-5-3-9-16(18)15-17-10-4-6-12-19(17)20/h3-6,9-12,15H,2,7-8,13-14H2,1H3. The summed E-state index contributed by atoms with van der Waals surface area (Å²) < 4.78 is 6.04. The van der Waals surface area contributed by atoms with Gasteiger partial charge in [-0.25, -0.2) is 4.79 Å². The van der Waals surface area contributed by atoms with Gasteiger partial charge in [0.05, 0.1) is 5.56 Å². The van der Waals surface area contributed by atoms with E-state index in [1.54, 1.807) is 0 Å². The zero-order valence-corrected chi connectivity index (χ0v) is 14.0. The maximum atomic E-state index is 13.1. The maximum Gasteiger partial charge on any atom is 0.339 e. The molecule has 1 aliphatic carbocycles. The Labute approximate surface area is 142 Å². The van der Waals surface area contributed by atoms with E-state index in [2.05, 4.69) is 25.1 Å². The molecule has 24 heavy (non-hydrogen) atoms. The summed E-state index contributed by atoms with van der Waals surface area (Å²) in [6, 6.07) is 18.3. The highest BCUT2D eigenvalue weighted by Crippen LogP contribution is 2.34. The van der Waals surface area contributed by atoms with Gasteiger partial charge >= 0.3 is 5.97 Å². The fourth-order valence-corrected chi connectivity index (χ4v) is 3.91. The molecule has 2 nitrogen and oxygen atoms in total. The molecule has 0 N–H and O–H groups in total. The molecule has 3 aromatic carbocycles. The van der Waals surface area contributed by atoms with Crippen LogP contribution in [0.3, 0.4) is 0 Å². The Morgan fingerprint density at radius 1 is 0.875 bits per heavy atom. The highest BCUT2D eigenvalue weighted by atomic mass is 16.6. The van der Waals surface area contributed by atoms with Crippen LogP contribution in [0.15, 0.2) is 54.6 Å². The Morgan fingerprint density at radius 3 is 2.00 bits per heavy atom. The van der Waals surface area contributed by atoms with Gasteiger partial charge < -0.3 is 4.74 Å². The molecular weight excluding hydrogens is 296 g/mol. The minimum absolute atomic E-state index is 0.188. The monoisotopic (exact) mass is 318 g/mol. The van der Waals surface area contributed by atoms with Crippen LogP contribution in [0.2, 0.25) is 0 Å². The molecule has 0 heterocycles. The molecule has 0 radical (unpaired) electrons. The summed E-state index contributed by atoms with van der Waals surface area (Å²) in [6.45, 7) is 2.08. The van der Waals surface area contributed by atoms with E-state index in [1.807, 2.05) is 36.4 Å². The Hall–Kier alpha value is -2.35. The topological polar surface area (TPSA) is 26.3 Å². The Kier molecular flexibility index (Phi) is 3.76. The Balaban J connectivity index is 1.85. The van der Waals surface area contributed by atoms with Crippen LogP contribution >= 0.6 is 0 Å². The van der Waals surface area contributed by atoms with Crippen LogP contribution in [0.1, 0.15) is 49.4 Å². The van der Waals surface area contributed by atoms with E-state index in [4.69, 9.17) is 4.74 Å². The van der Waals surface area contributed by atoms with Crippen LogP contribution in [0.5, 0.6) is 0 Å². The molecule has 0 aliphatic heterocycles. The van der Waals surface area contributed by atoms with Crippen LogP contribution in [-0.4, -0.2) is 11.6 Å². The average Bonchev–Trinajstić information content (AvgIpc) is 2.59. The molecule has 122 valence electrons. The highest BCUT2D eigenvalue weighted by Gasteiger charge is 2.32. The van der Waals surface area contributed by atoms with Gasteiger partial charge in [-0.1, -0.05) is 55.0 Å². The number of fused-ring (bicyclic) bond motifs is 2. The van der Waals surface area contributed by atoms with E-state index in [0.717, 1.165) is 47.2 Å². The summed E-state index contributed by atoms with van der Waals surface area (Å²) in [7, 11) is 0. The van der Waals surface area contributed by atoms with E-state index < -0.39 is 0 Å². The van der Waals surface area contributed by atoms with Gasteiger partial charge in [0.1, 0.15) is 5.60 Å². The summed E-state index contributed by atoms with van der Waals surface area (Å²) in [6.07, 6.45) is 5.44. The predicted molar refractivity (Wildman–Crippen MR) is 98.4 cm³/mol. The first-order chi connectivity index (χ1) is 11.7. The number of carbonyl (C=O) groups excluding carboxylic acids is 1. The zero-order valence-electron chi connectivity index (χ0n) is 14.0. The highest BCUT2D eigenvalue weighted by molar-refractivity contribution is 6.16. The molecular formula is C22H22O2. The molecule has 0 atom stereocenters. The van der Waals surface area contributed by atoms with Crippen molar-refractivity contribution in [2.45, 2.75) is 44.6 Å². The summed E-state index contributed by atoms with van der Waals surface area (Å²) in [4.78, 5) is 13.1. The van der Waals surface area contributed by atoms with Crippen LogP contribution in [0.4, 0.5) is 0 Å². The number of benzene rings is 3. The van der Waals surface area contributed by atoms with Gasteiger partial charge in [-0.3, -0.25) is 0 Å². The van der Waals surface area contributed by atoms with Crippen molar-refractivity contribution in [2.24, 2.45) is 0 Å². The normalized spacial score (nSPS) is 17.0. The zero-order chi connectivity index (χ0) is 16.6. The summed E-state index contributed by atoms with van der Waals surface area (Å²) in [5.74, 6) is -0.188. The van der Waals surface area contributed by atoms with Crippen molar-refractivity contribution in [1.29, 1.82) is 0 Å². The van der Waals surface area contributed by atoms with Gasteiger partial charge in [0.15, 0.2) is 0 Å². The number of carbonyl (C=O) groups is 1. The Morgan fingerprint density at radius 2 is 1.42 bits per heavy atom. The lowest BCUT2D eigenvalue weighted by molar-refractivity contribution is -0.0265. The van der Waals surface area contributed by atoms with E-state index >= 15 is 0 Å². The fourth-order valence-electron chi connectivity index (χ4n) is 3.91. The van der Waals surface area contributed by atoms with Gasteiger partial charge in [0, 0.05) is 0 Å². The quantitative estimate of drug-likeness (QED) is 0.436. The molecule has 0 saturated heterocycles. The van der Waals surface area contributed by atoms with Crippen LogP contribution in [-0.2, 0) is 4.74 Å². The molecule has 4 rings (SSSR count). The van der Waals surface area contributed by atoms with Gasteiger partial charge in [-0.05, 0) is 60.2 Å². The minimum Gasteiger partial charge on any atom is -0.456 e. The Bertz CT molecular complexity index is 850. The van der Waals surface area contributed by atoms with Crippen molar-refractivity contribution in [1.82, 2.24) is 0 Å². The van der Waals surface area contributed by atoms with Crippen molar-refractivity contribution < 1.29 is 9.53 Å². The molecule has 1 fully saturated rings. The lowest BCUT2D eigenvalue weighted by Gasteiger charge is -2.33. The molecule has 0 amide bonds. The van der Waals surface area contributed by atoms with Gasteiger partial charge in [-0.2, -0.15) is 0 Å². The first-order valence-electron chi connectivity index (χ1n) is 8.80. The van der Waals surface area contributed by atoms with Crippen molar-refractivity contribution in [3.8, 4) is 0 Å². The molecule has 0 spiro atoms. The molecule has 1 aliphatic rings. The number of hydrogen-bond donors (Lipinski definition) is 0. The number of ether oxygens (including phenoxy) is 1. The van der Waals surface area contributed by atoms with Gasteiger partial charge in [-0.15, -0.1) is 0 Å². The third-order valence-electron chi connectivity index (χ3n) is 5.23. The largest absolute Gasteiger partial charge is 0.456 e. The van der Waals surface area contributed by atoms with E-state index in [-0.39, 0.29) is 11.6 Å². The predicted octanol–water partition coefficient (Wildman–Crippen LogP) is 5.87. The number of rotatable bonds is 2. The third-order valence-corrected chi connectivity index (χ3v) is 5.23. The molecule has 0 aromatic heterocycles. The van der Waals surface area contributed by atoms with Crippen molar-refractivity contribution in [3.63, 3.8) is 0 Å². The second-order valence-electron chi connectivity index (χ2n) is 7.09. The molecule has 2 heteroatoms. The van der Waals surface area contributed by atoms with Crippen LogP contribution < -0.4 is 0 Å². The van der Waals surface area contributed by atoms with E-state index in [1.165, 1.54) is 6.42 Å². The first-order valence-corrected chi connectivity index (χ1v) is 8.80. The SMILES string of the molecule is CC1(OC(=O)c2c3ccccc3cc3ccccc23)CCCCC1. The van der Waals surface area contributed by atoms with Crippen LogP contribution in [0, 0.1) is 0 Å². The number of hydrogen-bond acceptors (Lipinski definition) is 2. The fraction of sp³-hybridized carbons (Fsp3) is 0.318. The van der Waals surface area contributed by atoms with Gasteiger partial charge in [0.2, 0.25) is 0 Å². The summed E-state index contributed by atoms with van der Waals surface area (Å²) >= 11 is 0. The molecule has 0 bridgehead atoms. The summed E-state index contributed by atoms with van der Waals surface area (Å²) in [5.41, 5.74) is 0.378. The maximum absolute atomic E-state index is 13.1. The van der Waals surface area contributed by atoms with Crippen molar-refractivity contribution in [3.05, 3.63) is 60.2 Å². The lowest BCUT2D eigenvalue weighted by Crippen LogP contribution is -2.34. The average molecular weight is 318 g/mol. The minimum atomic E-state index is -0.326. The van der Waals surface area contributed by atoms with Crippen molar-refractivity contribution >= 4 is 27.5 Å². The lowest BCUT2D eigenvalue weighted by atomic mass is 9.86. The molecule has 3 aromatic rings. The van der Waals surface area contributed by atoms with E-state index in [0.29, 0.717) is 5.56 Å². The third kappa shape index (κ3) is 2.66. The second kappa shape index (κ2) is 5.94. The van der Waals surface area contributed by atoms with Crippen LogP contribution in [0.25, 0.3) is 21.5 Å². The second-order valence-corrected chi connectivity index (χ2v) is 7.09.